The number of hydrogen-bond acceptors (Lipinski definition) is 6. The molecule has 0 spiro atoms. The number of nitrogens with one attached hydrogen (secondary N) is 1. The van der Waals surface area contributed by atoms with Gasteiger partial charge >= 0.3 is 0 Å². The molecule has 1 N–H and O–H groups in total. The van der Waals surface area contributed by atoms with E-state index < -0.39 is 10.0 Å². The first-order valence-corrected chi connectivity index (χ1v) is 12.1. The molecule has 0 saturated carbocycles. The van der Waals surface area contributed by atoms with Crippen LogP contribution < -0.4 is 10.1 Å². The Kier molecular flexibility index (Phi) is 7.38. The maximum absolute atomic E-state index is 12.9. The van der Waals surface area contributed by atoms with Crippen LogP contribution in [0, 0.1) is 19.8 Å². The summed E-state index contributed by atoms with van der Waals surface area (Å²) in [5.41, 5.74) is 1.38. The molecular weight excluding hydrogens is 418 g/mol. The lowest BCUT2D eigenvalue weighted by atomic mass is 9.94. The highest BCUT2D eigenvalue weighted by Crippen LogP contribution is 2.28. The average Bonchev–Trinajstić information content (AvgIpc) is 3.06. The van der Waals surface area contributed by atoms with Gasteiger partial charge in [0.15, 0.2) is 5.76 Å². The first-order valence-electron chi connectivity index (χ1n) is 10.6. The Hall–Kier alpha value is -2.39. The Morgan fingerprint density at radius 2 is 1.87 bits per heavy atom. The topological polar surface area (TPSA) is 102 Å². The van der Waals surface area contributed by atoms with Crippen molar-refractivity contribution in [1.82, 2.24) is 14.8 Å². The average molecular weight is 450 g/mol. The molecule has 1 fully saturated rings. The number of aromatic nitrogens is 1. The standard InChI is InChI=1S/C22H31N3O5S/c1-15(2)29-20-7-5-19(6-8-20)14-23-21(26)13-18-9-11-25(12-10-18)31(27,28)22-16(3)24-30-17(22)4/h5-8,15,18H,9-14H2,1-4H3,(H,23,26). The van der Waals surface area contributed by atoms with Gasteiger partial charge in [0.2, 0.25) is 15.9 Å². The van der Waals surface area contributed by atoms with Gasteiger partial charge in [0.25, 0.3) is 0 Å². The van der Waals surface area contributed by atoms with Crippen LogP contribution in [0.4, 0.5) is 0 Å². The minimum atomic E-state index is -3.62. The van der Waals surface area contributed by atoms with E-state index in [4.69, 9.17) is 9.26 Å². The van der Waals surface area contributed by atoms with Gasteiger partial charge in [-0.1, -0.05) is 17.3 Å². The molecule has 0 atom stereocenters. The van der Waals surface area contributed by atoms with Gasteiger partial charge in [-0.3, -0.25) is 4.79 Å². The SMILES string of the molecule is Cc1noc(C)c1S(=O)(=O)N1CCC(CC(=O)NCc2ccc(OC(C)C)cc2)CC1. The normalized spacial score (nSPS) is 15.9. The summed E-state index contributed by atoms with van der Waals surface area (Å²) in [5.74, 6) is 1.26. The number of benzene rings is 1. The molecule has 2 aromatic rings. The van der Waals surface area contributed by atoms with E-state index in [1.165, 1.54) is 4.31 Å². The van der Waals surface area contributed by atoms with E-state index in [9.17, 15) is 13.2 Å². The first-order chi connectivity index (χ1) is 14.7. The van der Waals surface area contributed by atoms with Gasteiger partial charge in [0.1, 0.15) is 16.3 Å². The molecular formula is C22H31N3O5S. The molecule has 3 rings (SSSR count). The first kappa shape index (κ1) is 23.3. The van der Waals surface area contributed by atoms with Crippen molar-refractivity contribution in [2.45, 2.75) is 64.5 Å². The van der Waals surface area contributed by atoms with Crippen LogP contribution >= 0.6 is 0 Å². The van der Waals surface area contributed by atoms with Gasteiger partial charge in [0, 0.05) is 26.1 Å². The van der Waals surface area contributed by atoms with Crippen molar-refractivity contribution in [2.24, 2.45) is 5.92 Å². The minimum absolute atomic E-state index is 0.0189. The Labute approximate surface area is 184 Å². The van der Waals surface area contributed by atoms with E-state index in [1.807, 2.05) is 38.1 Å². The van der Waals surface area contributed by atoms with E-state index in [-0.39, 0.29) is 22.8 Å². The van der Waals surface area contributed by atoms with Crippen molar-refractivity contribution in [3.8, 4) is 5.75 Å². The van der Waals surface area contributed by atoms with Crippen molar-refractivity contribution in [2.75, 3.05) is 13.1 Å². The molecule has 1 aromatic carbocycles. The Balaban J connectivity index is 1.46. The van der Waals surface area contributed by atoms with Crippen molar-refractivity contribution in [3.05, 3.63) is 41.3 Å². The molecule has 1 amide bonds. The summed E-state index contributed by atoms with van der Waals surface area (Å²) in [7, 11) is -3.62. The largest absolute Gasteiger partial charge is 0.491 e. The van der Waals surface area contributed by atoms with E-state index >= 15 is 0 Å². The highest BCUT2D eigenvalue weighted by molar-refractivity contribution is 7.89. The second kappa shape index (κ2) is 9.82. The predicted molar refractivity (Wildman–Crippen MR) is 116 cm³/mol. The number of rotatable bonds is 8. The fourth-order valence-electron chi connectivity index (χ4n) is 3.82. The third-order valence-corrected chi connectivity index (χ3v) is 7.54. The Morgan fingerprint density at radius 1 is 1.23 bits per heavy atom. The minimum Gasteiger partial charge on any atom is -0.491 e. The molecule has 1 saturated heterocycles. The third kappa shape index (κ3) is 5.86. The predicted octanol–water partition coefficient (Wildman–Crippen LogP) is 3.19. The molecule has 170 valence electrons. The van der Waals surface area contributed by atoms with Crippen molar-refractivity contribution >= 4 is 15.9 Å². The lowest BCUT2D eigenvalue weighted by Gasteiger charge is -2.30. The summed E-state index contributed by atoms with van der Waals surface area (Å²) in [6.07, 6.45) is 1.82. The number of hydrogen-bond donors (Lipinski definition) is 1. The van der Waals surface area contributed by atoms with E-state index in [0.717, 1.165) is 11.3 Å². The summed E-state index contributed by atoms with van der Waals surface area (Å²) in [4.78, 5) is 12.5. The van der Waals surface area contributed by atoms with Gasteiger partial charge < -0.3 is 14.6 Å². The van der Waals surface area contributed by atoms with Crippen molar-refractivity contribution in [1.29, 1.82) is 0 Å². The van der Waals surface area contributed by atoms with E-state index in [2.05, 4.69) is 10.5 Å². The maximum Gasteiger partial charge on any atom is 0.248 e. The van der Waals surface area contributed by atoms with E-state index in [1.54, 1.807) is 13.8 Å². The van der Waals surface area contributed by atoms with Gasteiger partial charge in [-0.05, 0) is 64.2 Å². The second-order valence-electron chi connectivity index (χ2n) is 8.29. The zero-order valence-corrected chi connectivity index (χ0v) is 19.4. The van der Waals surface area contributed by atoms with Crippen LogP contribution in [0.25, 0.3) is 0 Å². The molecule has 2 heterocycles. The lowest BCUT2D eigenvalue weighted by Crippen LogP contribution is -2.39. The van der Waals surface area contributed by atoms with Gasteiger partial charge in [-0.15, -0.1) is 0 Å². The highest BCUT2D eigenvalue weighted by atomic mass is 32.2. The Morgan fingerprint density at radius 3 is 2.42 bits per heavy atom. The zero-order chi connectivity index (χ0) is 22.6. The quantitative estimate of drug-likeness (QED) is 0.664. The smallest absolute Gasteiger partial charge is 0.248 e. The summed E-state index contributed by atoms with van der Waals surface area (Å²) < 4.78 is 37.9. The number of carbonyl (C=O) groups is 1. The molecule has 0 bridgehead atoms. The summed E-state index contributed by atoms with van der Waals surface area (Å²) in [5, 5.41) is 6.71. The monoisotopic (exact) mass is 449 g/mol. The van der Waals surface area contributed by atoms with E-state index in [0.29, 0.717) is 50.4 Å². The molecule has 0 aliphatic carbocycles. The van der Waals surface area contributed by atoms with Crippen LogP contribution in [0.15, 0.2) is 33.7 Å². The number of piperidine rings is 1. The molecule has 8 nitrogen and oxygen atoms in total. The summed E-state index contributed by atoms with van der Waals surface area (Å²) in [6.45, 7) is 8.43. The number of ether oxygens (including phenoxy) is 1. The number of nitrogens with zero attached hydrogens (tertiary/aromatic N) is 2. The van der Waals surface area contributed by atoms with Crippen LogP contribution in [0.5, 0.6) is 5.75 Å². The molecule has 1 aliphatic heterocycles. The van der Waals surface area contributed by atoms with Crippen LogP contribution in [0.1, 0.15) is 50.1 Å². The maximum atomic E-state index is 12.9. The van der Waals surface area contributed by atoms with Crippen molar-refractivity contribution < 1.29 is 22.5 Å². The van der Waals surface area contributed by atoms with Gasteiger partial charge in [0.05, 0.1) is 6.10 Å². The third-order valence-electron chi connectivity index (χ3n) is 5.40. The van der Waals surface area contributed by atoms with Crippen LogP contribution in [0.3, 0.4) is 0 Å². The molecule has 0 radical (unpaired) electrons. The van der Waals surface area contributed by atoms with Crippen LogP contribution in [-0.4, -0.2) is 43.0 Å². The molecule has 1 aromatic heterocycles. The van der Waals surface area contributed by atoms with Crippen molar-refractivity contribution in [3.63, 3.8) is 0 Å². The second-order valence-corrected chi connectivity index (χ2v) is 10.2. The van der Waals surface area contributed by atoms with Gasteiger partial charge in [-0.2, -0.15) is 4.31 Å². The Bertz CT molecular complexity index is 971. The molecule has 31 heavy (non-hydrogen) atoms. The number of carbonyl (C=O) groups excluding carboxylic acids is 1. The number of amides is 1. The zero-order valence-electron chi connectivity index (χ0n) is 18.6. The highest BCUT2D eigenvalue weighted by Gasteiger charge is 2.34. The molecule has 1 aliphatic rings. The summed E-state index contributed by atoms with van der Waals surface area (Å²) in [6, 6.07) is 7.68. The molecule has 9 heteroatoms. The van der Waals surface area contributed by atoms with Gasteiger partial charge in [-0.25, -0.2) is 8.42 Å². The van der Waals surface area contributed by atoms with Crippen LogP contribution in [-0.2, 0) is 21.4 Å². The summed E-state index contributed by atoms with van der Waals surface area (Å²) >= 11 is 0. The fraction of sp³-hybridized carbons (Fsp3) is 0.545. The lowest BCUT2D eigenvalue weighted by molar-refractivity contribution is -0.122. The number of sulfonamides is 1. The van der Waals surface area contributed by atoms with Crippen LogP contribution in [0.2, 0.25) is 0 Å². The fourth-order valence-corrected chi connectivity index (χ4v) is 5.58. The molecule has 0 unspecified atom stereocenters. The number of aryl methyl sites for hydroxylation is 2.